The molecule has 0 bridgehead atoms. The molecule has 1 atom stereocenters. The number of aromatic nitrogens is 3. The van der Waals surface area contributed by atoms with Gasteiger partial charge in [0.2, 0.25) is 0 Å². The molecule has 0 aromatic carbocycles. The van der Waals surface area contributed by atoms with Gasteiger partial charge in [-0.15, -0.1) is 0 Å². The van der Waals surface area contributed by atoms with Crippen LogP contribution in [0.4, 0.5) is 5.82 Å². The Hall–Kier alpha value is -2.37. The number of carbonyl (C=O) groups excluding carboxylic acids is 1. The summed E-state index contributed by atoms with van der Waals surface area (Å²) in [6, 6.07) is 6.01. The first-order valence-electron chi connectivity index (χ1n) is 8.87. The van der Waals surface area contributed by atoms with Crippen LogP contribution in [0, 0.1) is 0 Å². The lowest BCUT2D eigenvalue weighted by Crippen LogP contribution is -2.39. The molecule has 0 radical (unpaired) electrons. The molecule has 1 amide bonds. The standard InChI is InChI=1S/C19H27N5O/c1-19(2,3)16-11-15(22-23-16)18(25)24-9-5-6-14(12-24)13-7-8-21-17(10-13)20-4/h7-8,10-11,14H,5-6,9,12H2,1-4H3,(H,20,21)(H,22,23). The number of nitrogens with zero attached hydrogens (tertiary/aromatic N) is 3. The van der Waals surface area contributed by atoms with Crippen LogP contribution in [0.3, 0.4) is 0 Å². The summed E-state index contributed by atoms with van der Waals surface area (Å²) in [4.78, 5) is 19.1. The molecule has 2 N–H and O–H groups in total. The van der Waals surface area contributed by atoms with Gasteiger partial charge in [0.25, 0.3) is 5.91 Å². The number of likely N-dealkylation sites (tertiary alicyclic amines) is 1. The van der Waals surface area contributed by atoms with Crippen LogP contribution in [-0.4, -0.2) is 46.1 Å². The summed E-state index contributed by atoms with van der Waals surface area (Å²) in [6.45, 7) is 7.83. The van der Waals surface area contributed by atoms with Crippen molar-refractivity contribution in [2.75, 3.05) is 25.5 Å². The van der Waals surface area contributed by atoms with Crippen molar-refractivity contribution in [2.45, 2.75) is 44.9 Å². The second-order valence-corrected chi connectivity index (χ2v) is 7.73. The molecule has 2 aromatic heterocycles. The maximum Gasteiger partial charge on any atom is 0.274 e. The van der Waals surface area contributed by atoms with E-state index in [0.717, 1.165) is 37.4 Å². The molecule has 3 heterocycles. The van der Waals surface area contributed by atoms with Crippen LogP contribution in [0.25, 0.3) is 0 Å². The van der Waals surface area contributed by atoms with Crippen LogP contribution >= 0.6 is 0 Å². The van der Waals surface area contributed by atoms with E-state index in [0.29, 0.717) is 11.6 Å². The molecular weight excluding hydrogens is 314 g/mol. The van der Waals surface area contributed by atoms with Gasteiger partial charge in [0.15, 0.2) is 0 Å². The SMILES string of the molecule is CNc1cc(C2CCCN(C(=O)c3cc(C(C)(C)C)[nH]n3)C2)ccn1. The number of amides is 1. The molecule has 0 saturated carbocycles. The van der Waals surface area contributed by atoms with Crippen molar-refractivity contribution < 1.29 is 4.79 Å². The molecule has 0 spiro atoms. The lowest BCUT2D eigenvalue weighted by atomic mass is 9.90. The Kier molecular flexibility index (Phi) is 4.79. The van der Waals surface area contributed by atoms with Crippen molar-refractivity contribution in [3.63, 3.8) is 0 Å². The third kappa shape index (κ3) is 3.83. The lowest BCUT2D eigenvalue weighted by Gasteiger charge is -2.32. The van der Waals surface area contributed by atoms with E-state index in [-0.39, 0.29) is 11.3 Å². The molecule has 2 aromatic rings. The number of piperidine rings is 1. The summed E-state index contributed by atoms with van der Waals surface area (Å²) in [5, 5.41) is 10.3. The molecule has 0 aliphatic carbocycles. The Morgan fingerprint density at radius 2 is 2.16 bits per heavy atom. The Labute approximate surface area is 149 Å². The molecule has 3 rings (SSSR count). The Bertz CT molecular complexity index is 746. The Morgan fingerprint density at radius 3 is 2.84 bits per heavy atom. The second kappa shape index (κ2) is 6.86. The van der Waals surface area contributed by atoms with E-state index < -0.39 is 0 Å². The number of carbonyl (C=O) groups is 1. The predicted molar refractivity (Wildman–Crippen MR) is 98.9 cm³/mol. The maximum atomic E-state index is 12.9. The zero-order valence-corrected chi connectivity index (χ0v) is 15.5. The van der Waals surface area contributed by atoms with Gasteiger partial charge in [-0.05, 0) is 36.6 Å². The van der Waals surface area contributed by atoms with Crippen LogP contribution in [0.2, 0.25) is 0 Å². The van der Waals surface area contributed by atoms with E-state index in [9.17, 15) is 4.79 Å². The summed E-state index contributed by atoms with van der Waals surface area (Å²) in [6.07, 6.45) is 3.92. The molecule has 1 aliphatic heterocycles. The summed E-state index contributed by atoms with van der Waals surface area (Å²) in [5.41, 5.74) is 2.68. The number of hydrogen-bond acceptors (Lipinski definition) is 4. The van der Waals surface area contributed by atoms with Crippen LogP contribution in [0.1, 0.15) is 61.3 Å². The average Bonchev–Trinajstić information content (AvgIpc) is 3.12. The minimum absolute atomic E-state index is 0.0133. The number of rotatable bonds is 3. The van der Waals surface area contributed by atoms with Crippen LogP contribution in [0.5, 0.6) is 0 Å². The van der Waals surface area contributed by atoms with Gasteiger partial charge < -0.3 is 10.2 Å². The third-order valence-electron chi connectivity index (χ3n) is 4.83. The molecule has 25 heavy (non-hydrogen) atoms. The van der Waals surface area contributed by atoms with Gasteiger partial charge in [0, 0.05) is 43.4 Å². The van der Waals surface area contributed by atoms with E-state index in [1.165, 1.54) is 5.56 Å². The molecule has 1 aliphatic rings. The van der Waals surface area contributed by atoms with Crippen molar-refractivity contribution in [2.24, 2.45) is 0 Å². The second-order valence-electron chi connectivity index (χ2n) is 7.73. The fourth-order valence-electron chi connectivity index (χ4n) is 3.25. The maximum absolute atomic E-state index is 12.9. The first-order chi connectivity index (χ1) is 11.9. The van der Waals surface area contributed by atoms with Gasteiger partial charge in [0.1, 0.15) is 11.5 Å². The zero-order valence-electron chi connectivity index (χ0n) is 15.5. The smallest absolute Gasteiger partial charge is 0.274 e. The normalized spacial score (nSPS) is 18.2. The van der Waals surface area contributed by atoms with Crippen molar-refractivity contribution in [3.8, 4) is 0 Å². The largest absolute Gasteiger partial charge is 0.373 e. The van der Waals surface area contributed by atoms with Crippen LogP contribution < -0.4 is 5.32 Å². The predicted octanol–water partition coefficient (Wildman–Crippen LogP) is 3.16. The first kappa shape index (κ1) is 17.5. The van der Waals surface area contributed by atoms with Gasteiger partial charge in [-0.2, -0.15) is 5.10 Å². The lowest BCUT2D eigenvalue weighted by molar-refractivity contribution is 0.0701. The highest BCUT2D eigenvalue weighted by molar-refractivity contribution is 5.92. The molecule has 1 fully saturated rings. The van der Waals surface area contributed by atoms with Crippen molar-refractivity contribution in [1.82, 2.24) is 20.1 Å². The number of nitrogens with one attached hydrogen (secondary N) is 2. The minimum Gasteiger partial charge on any atom is -0.373 e. The Balaban J connectivity index is 1.74. The number of hydrogen-bond donors (Lipinski definition) is 2. The van der Waals surface area contributed by atoms with Gasteiger partial charge in [-0.1, -0.05) is 20.8 Å². The monoisotopic (exact) mass is 341 g/mol. The number of aromatic amines is 1. The molecule has 1 unspecified atom stereocenters. The van der Waals surface area contributed by atoms with Crippen molar-refractivity contribution in [1.29, 1.82) is 0 Å². The van der Waals surface area contributed by atoms with Crippen molar-refractivity contribution in [3.05, 3.63) is 41.3 Å². The highest BCUT2D eigenvalue weighted by atomic mass is 16.2. The van der Waals surface area contributed by atoms with Gasteiger partial charge in [0.05, 0.1) is 0 Å². The minimum atomic E-state index is -0.0451. The molecule has 1 saturated heterocycles. The van der Waals surface area contributed by atoms with E-state index in [4.69, 9.17) is 0 Å². The van der Waals surface area contributed by atoms with Gasteiger partial charge in [-0.25, -0.2) is 4.98 Å². The molecule has 6 nitrogen and oxygen atoms in total. The van der Waals surface area contributed by atoms with Crippen LogP contribution in [0.15, 0.2) is 24.4 Å². The highest BCUT2D eigenvalue weighted by Gasteiger charge is 2.28. The summed E-state index contributed by atoms with van der Waals surface area (Å²) < 4.78 is 0. The van der Waals surface area contributed by atoms with E-state index in [1.54, 1.807) is 0 Å². The van der Waals surface area contributed by atoms with E-state index >= 15 is 0 Å². The number of anilines is 1. The zero-order chi connectivity index (χ0) is 18.0. The quantitative estimate of drug-likeness (QED) is 0.899. The van der Waals surface area contributed by atoms with E-state index in [1.807, 2.05) is 30.3 Å². The number of pyridine rings is 1. The highest BCUT2D eigenvalue weighted by Crippen LogP contribution is 2.29. The summed E-state index contributed by atoms with van der Waals surface area (Å²) in [7, 11) is 1.87. The van der Waals surface area contributed by atoms with E-state index in [2.05, 4.69) is 47.3 Å². The average molecular weight is 341 g/mol. The fraction of sp³-hybridized carbons (Fsp3) is 0.526. The summed E-state index contributed by atoms with van der Waals surface area (Å²) in [5.74, 6) is 1.22. The van der Waals surface area contributed by atoms with Gasteiger partial charge >= 0.3 is 0 Å². The fourth-order valence-corrected chi connectivity index (χ4v) is 3.25. The molecule has 6 heteroatoms. The third-order valence-corrected chi connectivity index (χ3v) is 4.83. The Morgan fingerprint density at radius 1 is 1.36 bits per heavy atom. The van der Waals surface area contributed by atoms with Crippen LogP contribution in [-0.2, 0) is 5.41 Å². The topological polar surface area (TPSA) is 73.9 Å². The molecular formula is C19H27N5O. The van der Waals surface area contributed by atoms with Crippen molar-refractivity contribution >= 4 is 11.7 Å². The first-order valence-corrected chi connectivity index (χ1v) is 8.87. The number of H-pyrrole nitrogens is 1. The van der Waals surface area contributed by atoms with Gasteiger partial charge in [-0.3, -0.25) is 9.89 Å². The summed E-state index contributed by atoms with van der Waals surface area (Å²) >= 11 is 0. The molecule has 134 valence electrons.